The van der Waals surface area contributed by atoms with Gasteiger partial charge in [-0.2, -0.15) is 0 Å². The Labute approximate surface area is 193 Å². The number of amides is 2. The SMILES string of the molecule is COC(=O)c1c(NC(=O)c2ccc([N+](=O)[O-])c(C)c2)sc(C(=O)Nc2ccc(C)cc2)c1C. The molecule has 170 valence electrons. The number of aryl methyl sites for hydroxylation is 2. The second-order valence-electron chi connectivity index (χ2n) is 7.28. The molecular weight excluding hydrogens is 446 g/mol. The van der Waals surface area contributed by atoms with Crippen LogP contribution in [0, 0.1) is 30.9 Å². The molecule has 1 aromatic heterocycles. The van der Waals surface area contributed by atoms with Crippen LogP contribution in [0.5, 0.6) is 0 Å². The van der Waals surface area contributed by atoms with Gasteiger partial charge in [-0.05, 0) is 50.6 Å². The number of methoxy groups -OCH3 is 1. The van der Waals surface area contributed by atoms with Crippen molar-refractivity contribution >= 4 is 45.5 Å². The zero-order valence-electron chi connectivity index (χ0n) is 18.3. The Morgan fingerprint density at radius 1 is 0.970 bits per heavy atom. The molecule has 3 rings (SSSR count). The summed E-state index contributed by atoms with van der Waals surface area (Å²) in [6.45, 7) is 5.05. The number of nitro benzene ring substituents is 1. The van der Waals surface area contributed by atoms with Crippen LogP contribution in [0.1, 0.15) is 47.1 Å². The minimum atomic E-state index is -0.701. The first-order valence-electron chi connectivity index (χ1n) is 9.78. The van der Waals surface area contributed by atoms with Crippen LogP contribution < -0.4 is 10.6 Å². The lowest BCUT2D eigenvalue weighted by Crippen LogP contribution is -2.14. The molecule has 9 nitrogen and oxygen atoms in total. The fourth-order valence-corrected chi connectivity index (χ4v) is 4.25. The minimum absolute atomic E-state index is 0.0727. The van der Waals surface area contributed by atoms with Crippen molar-refractivity contribution in [3.63, 3.8) is 0 Å². The topological polar surface area (TPSA) is 128 Å². The van der Waals surface area contributed by atoms with Crippen molar-refractivity contribution in [2.75, 3.05) is 17.7 Å². The van der Waals surface area contributed by atoms with E-state index < -0.39 is 22.7 Å². The maximum Gasteiger partial charge on any atom is 0.341 e. The van der Waals surface area contributed by atoms with Gasteiger partial charge in [0.25, 0.3) is 17.5 Å². The molecule has 0 atom stereocenters. The van der Waals surface area contributed by atoms with E-state index in [9.17, 15) is 24.5 Å². The quantitative estimate of drug-likeness (QED) is 0.302. The van der Waals surface area contributed by atoms with E-state index >= 15 is 0 Å². The Hall–Kier alpha value is -4.05. The molecule has 0 fully saturated rings. The van der Waals surface area contributed by atoms with Gasteiger partial charge < -0.3 is 15.4 Å². The summed E-state index contributed by atoms with van der Waals surface area (Å²) in [6, 6.07) is 11.2. The van der Waals surface area contributed by atoms with E-state index in [1.807, 2.05) is 19.1 Å². The molecule has 0 radical (unpaired) electrons. The molecule has 0 aliphatic heterocycles. The highest BCUT2D eigenvalue weighted by Crippen LogP contribution is 2.35. The first-order valence-corrected chi connectivity index (χ1v) is 10.6. The summed E-state index contributed by atoms with van der Waals surface area (Å²) in [5.74, 6) is -1.71. The average molecular weight is 468 g/mol. The molecule has 33 heavy (non-hydrogen) atoms. The van der Waals surface area contributed by atoms with Crippen molar-refractivity contribution in [2.24, 2.45) is 0 Å². The van der Waals surface area contributed by atoms with Crippen molar-refractivity contribution in [3.05, 3.63) is 85.3 Å². The number of hydrogen-bond acceptors (Lipinski definition) is 7. The van der Waals surface area contributed by atoms with Gasteiger partial charge in [-0.3, -0.25) is 19.7 Å². The zero-order valence-corrected chi connectivity index (χ0v) is 19.2. The second kappa shape index (κ2) is 9.61. The Kier molecular flexibility index (Phi) is 6.88. The Morgan fingerprint density at radius 3 is 2.21 bits per heavy atom. The van der Waals surface area contributed by atoms with Crippen molar-refractivity contribution in [1.82, 2.24) is 0 Å². The summed E-state index contributed by atoms with van der Waals surface area (Å²) in [5, 5.41) is 16.6. The number of esters is 1. The predicted octanol–water partition coefficient (Wildman–Crippen LogP) is 4.87. The number of nitro groups is 1. The molecule has 0 saturated heterocycles. The van der Waals surface area contributed by atoms with Crippen LogP contribution in [0.25, 0.3) is 0 Å². The van der Waals surface area contributed by atoms with Gasteiger partial charge in [-0.25, -0.2) is 4.79 Å². The van der Waals surface area contributed by atoms with E-state index in [2.05, 4.69) is 10.6 Å². The van der Waals surface area contributed by atoms with Gasteiger partial charge in [0.15, 0.2) is 0 Å². The molecule has 2 amide bonds. The Balaban J connectivity index is 1.92. The highest BCUT2D eigenvalue weighted by atomic mass is 32.1. The largest absolute Gasteiger partial charge is 0.465 e. The van der Waals surface area contributed by atoms with Gasteiger partial charge in [-0.15, -0.1) is 11.3 Å². The van der Waals surface area contributed by atoms with E-state index in [-0.39, 0.29) is 26.7 Å². The smallest absolute Gasteiger partial charge is 0.341 e. The molecule has 0 aliphatic carbocycles. The summed E-state index contributed by atoms with van der Waals surface area (Å²) in [5.41, 5.74) is 2.45. The Bertz CT molecular complexity index is 1260. The number of benzene rings is 2. The molecule has 0 unspecified atom stereocenters. The number of nitrogens with one attached hydrogen (secondary N) is 2. The van der Waals surface area contributed by atoms with Gasteiger partial charge in [0.05, 0.1) is 22.5 Å². The minimum Gasteiger partial charge on any atom is -0.465 e. The molecule has 0 bridgehead atoms. The highest BCUT2D eigenvalue weighted by molar-refractivity contribution is 7.19. The number of ether oxygens (including phenoxy) is 1. The molecule has 2 N–H and O–H groups in total. The number of carbonyl (C=O) groups excluding carboxylic acids is 3. The third-order valence-corrected chi connectivity index (χ3v) is 6.14. The predicted molar refractivity (Wildman–Crippen MR) is 125 cm³/mol. The van der Waals surface area contributed by atoms with Gasteiger partial charge in [0.2, 0.25) is 0 Å². The first kappa shape index (κ1) is 23.6. The van der Waals surface area contributed by atoms with Crippen molar-refractivity contribution in [2.45, 2.75) is 20.8 Å². The molecule has 1 heterocycles. The molecule has 3 aromatic rings. The van der Waals surface area contributed by atoms with Crippen LogP contribution in [-0.2, 0) is 4.74 Å². The van der Waals surface area contributed by atoms with Crippen LogP contribution in [0.4, 0.5) is 16.4 Å². The second-order valence-corrected chi connectivity index (χ2v) is 8.31. The summed E-state index contributed by atoms with van der Waals surface area (Å²) >= 11 is 0.943. The number of anilines is 2. The van der Waals surface area contributed by atoms with E-state index in [1.165, 1.54) is 32.2 Å². The summed E-state index contributed by atoms with van der Waals surface area (Å²) < 4.78 is 4.84. The molecule has 0 spiro atoms. The zero-order chi connectivity index (χ0) is 24.3. The maximum absolute atomic E-state index is 12.9. The van der Waals surface area contributed by atoms with Crippen molar-refractivity contribution in [3.8, 4) is 0 Å². The van der Waals surface area contributed by atoms with Crippen LogP contribution in [-0.4, -0.2) is 29.8 Å². The van der Waals surface area contributed by atoms with Crippen LogP contribution >= 0.6 is 11.3 Å². The third kappa shape index (κ3) is 5.07. The van der Waals surface area contributed by atoms with Gasteiger partial charge >= 0.3 is 5.97 Å². The standard InChI is InChI=1S/C23H21N3O6S/c1-12-5-8-16(9-6-12)24-21(28)19-14(3)18(23(29)32-4)22(33-19)25-20(27)15-7-10-17(26(30)31)13(2)11-15/h5-11H,1-4H3,(H,24,28)(H,25,27). The van der Waals surface area contributed by atoms with Crippen LogP contribution in [0.15, 0.2) is 42.5 Å². The fraction of sp³-hybridized carbons (Fsp3) is 0.174. The van der Waals surface area contributed by atoms with Gasteiger partial charge in [-0.1, -0.05) is 17.7 Å². The van der Waals surface area contributed by atoms with Crippen molar-refractivity contribution < 1.29 is 24.0 Å². The maximum atomic E-state index is 12.9. The monoisotopic (exact) mass is 467 g/mol. The molecule has 0 aliphatic rings. The lowest BCUT2D eigenvalue weighted by atomic mass is 10.1. The van der Waals surface area contributed by atoms with Crippen molar-refractivity contribution in [1.29, 1.82) is 0 Å². The fourth-order valence-electron chi connectivity index (χ4n) is 3.17. The van der Waals surface area contributed by atoms with Gasteiger partial charge in [0, 0.05) is 22.9 Å². The molecular formula is C23H21N3O6S. The number of hydrogen-bond donors (Lipinski definition) is 2. The number of thiophene rings is 1. The van der Waals surface area contributed by atoms with E-state index in [1.54, 1.807) is 19.1 Å². The van der Waals surface area contributed by atoms with Crippen LogP contribution in [0.2, 0.25) is 0 Å². The number of nitrogens with zero attached hydrogens (tertiary/aromatic N) is 1. The van der Waals surface area contributed by atoms with Gasteiger partial charge in [0.1, 0.15) is 5.00 Å². The highest BCUT2D eigenvalue weighted by Gasteiger charge is 2.27. The number of rotatable bonds is 6. The third-order valence-electron chi connectivity index (χ3n) is 4.93. The Morgan fingerprint density at radius 2 is 1.64 bits per heavy atom. The lowest BCUT2D eigenvalue weighted by molar-refractivity contribution is -0.385. The summed E-state index contributed by atoms with van der Waals surface area (Å²) in [4.78, 5) is 48.8. The average Bonchev–Trinajstić information content (AvgIpc) is 3.10. The van der Waals surface area contributed by atoms with E-state index in [4.69, 9.17) is 4.74 Å². The lowest BCUT2D eigenvalue weighted by Gasteiger charge is -2.07. The molecule has 0 saturated carbocycles. The van der Waals surface area contributed by atoms with Crippen LogP contribution in [0.3, 0.4) is 0 Å². The number of carbonyl (C=O) groups is 3. The van der Waals surface area contributed by atoms with E-state index in [0.29, 0.717) is 16.8 Å². The first-order chi connectivity index (χ1) is 15.6. The normalized spacial score (nSPS) is 10.4. The molecule has 10 heteroatoms. The summed E-state index contributed by atoms with van der Waals surface area (Å²) in [7, 11) is 1.21. The van der Waals surface area contributed by atoms with E-state index in [0.717, 1.165) is 16.9 Å². The summed E-state index contributed by atoms with van der Waals surface area (Å²) in [6.07, 6.45) is 0. The molecule has 2 aromatic carbocycles.